The monoisotopic (exact) mass is 643 g/mol. The molecule has 4 atom stereocenters. The average molecular weight is 644 g/mol. The third-order valence-corrected chi connectivity index (χ3v) is 9.20. The van der Waals surface area contributed by atoms with Gasteiger partial charge in [-0.25, -0.2) is 0 Å². The van der Waals surface area contributed by atoms with Crippen LogP contribution in [0.25, 0.3) is 11.1 Å². The van der Waals surface area contributed by atoms with Gasteiger partial charge in [0.2, 0.25) is 11.8 Å². The Balaban J connectivity index is 1.23. The zero-order valence-corrected chi connectivity index (χ0v) is 27.4. The van der Waals surface area contributed by atoms with Crippen molar-refractivity contribution in [3.63, 3.8) is 0 Å². The fraction of sp³-hybridized carbons (Fsp3) is 0.474. The Kier molecular flexibility index (Phi) is 12.9. The van der Waals surface area contributed by atoms with Crippen molar-refractivity contribution in [1.29, 1.82) is 0 Å². The van der Waals surface area contributed by atoms with Gasteiger partial charge >= 0.3 is 0 Å². The van der Waals surface area contributed by atoms with Gasteiger partial charge in [0.15, 0.2) is 6.29 Å². The number of ether oxygens (including phenoxy) is 2. The molecule has 5 rings (SSSR count). The Morgan fingerprint density at radius 1 is 0.894 bits per heavy atom. The largest absolute Gasteiger partial charge is 0.395 e. The maximum absolute atomic E-state index is 12.5. The SMILES string of the molecule is CC(=O)NCCCCCC(=O)NCc1ccccc1-c1ccc([C@H]2O[C@@H](CN3CCC[C@H]3CO)C[C@@H](c3ccc(CO)cc3)O2)cc1. The van der Waals surface area contributed by atoms with Gasteiger partial charge in [-0.2, -0.15) is 0 Å². The molecule has 3 aromatic carbocycles. The summed E-state index contributed by atoms with van der Waals surface area (Å²) in [4.78, 5) is 25.8. The minimum Gasteiger partial charge on any atom is -0.395 e. The molecule has 2 heterocycles. The van der Waals surface area contributed by atoms with Crippen molar-refractivity contribution in [1.82, 2.24) is 15.5 Å². The highest BCUT2D eigenvalue weighted by atomic mass is 16.7. The quantitative estimate of drug-likeness (QED) is 0.169. The summed E-state index contributed by atoms with van der Waals surface area (Å²) < 4.78 is 13.1. The normalized spacial score (nSPS) is 21.4. The molecule has 9 nitrogen and oxygen atoms in total. The van der Waals surface area contributed by atoms with E-state index in [1.807, 2.05) is 42.5 Å². The van der Waals surface area contributed by atoms with Crippen LogP contribution >= 0.6 is 0 Å². The molecule has 47 heavy (non-hydrogen) atoms. The molecular weight excluding hydrogens is 594 g/mol. The number of carbonyl (C=O) groups excluding carboxylic acids is 2. The molecule has 252 valence electrons. The molecule has 2 amide bonds. The third-order valence-electron chi connectivity index (χ3n) is 9.20. The van der Waals surface area contributed by atoms with Crippen LogP contribution in [-0.4, -0.2) is 65.3 Å². The molecule has 2 saturated heterocycles. The van der Waals surface area contributed by atoms with Gasteiger partial charge in [-0.05, 0) is 60.0 Å². The van der Waals surface area contributed by atoms with Crippen molar-refractivity contribution in [2.75, 3.05) is 26.2 Å². The molecule has 2 fully saturated rings. The molecule has 0 radical (unpaired) electrons. The van der Waals surface area contributed by atoms with Crippen LogP contribution < -0.4 is 10.6 Å². The molecule has 9 heteroatoms. The number of carbonyl (C=O) groups is 2. The molecule has 0 bridgehead atoms. The van der Waals surface area contributed by atoms with Crippen LogP contribution in [0.4, 0.5) is 0 Å². The summed E-state index contributed by atoms with van der Waals surface area (Å²) in [6, 6.07) is 24.5. The summed E-state index contributed by atoms with van der Waals surface area (Å²) in [7, 11) is 0. The Morgan fingerprint density at radius 2 is 1.66 bits per heavy atom. The van der Waals surface area contributed by atoms with Crippen LogP contribution in [0, 0.1) is 0 Å². The molecule has 0 spiro atoms. The van der Waals surface area contributed by atoms with E-state index in [-0.39, 0.29) is 43.3 Å². The van der Waals surface area contributed by atoms with Crippen molar-refractivity contribution >= 4 is 11.8 Å². The van der Waals surface area contributed by atoms with Gasteiger partial charge in [-0.15, -0.1) is 0 Å². The first-order valence-electron chi connectivity index (χ1n) is 17.0. The fourth-order valence-corrected chi connectivity index (χ4v) is 6.55. The number of nitrogens with zero attached hydrogens (tertiary/aromatic N) is 1. The predicted octanol–water partition coefficient (Wildman–Crippen LogP) is 5.16. The van der Waals surface area contributed by atoms with E-state index in [2.05, 4.69) is 45.9 Å². The predicted molar refractivity (Wildman–Crippen MR) is 181 cm³/mol. The summed E-state index contributed by atoms with van der Waals surface area (Å²) in [6.07, 6.45) is 5.02. The molecule has 0 aromatic heterocycles. The first-order valence-corrected chi connectivity index (χ1v) is 17.0. The van der Waals surface area contributed by atoms with E-state index in [4.69, 9.17) is 9.47 Å². The molecule has 0 saturated carbocycles. The maximum Gasteiger partial charge on any atom is 0.220 e. The van der Waals surface area contributed by atoms with Crippen LogP contribution in [0.1, 0.15) is 86.5 Å². The second-order valence-electron chi connectivity index (χ2n) is 12.7. The smallest absolute Gasteiger partial charge is 0.220 e. The van der Waals surface area contributed by atoms with Crippen molar-refractivity contribution in [2.24, 2.45) is 0 Å². The van der Waals surface area contributed by atoms with Crippen LogP contribution in [0.2, 0.25) is 0 Å². The van der Waals surface area contributed by atoms with E-state index < -0.39 is 6.29 Å². The fourth-order valence-electron chi connectivity index (χ4n) is 6.55. The van der Waals surface area contributed by atoms with Crippen LogP contribution in [-0.2, 0) is 32.2 Å². The van der Waals surface area contributed by atoms with Gasteiger partial charge < -0.3 is 30.3 Å². The van der Waals surface area contributed by atoms with Crippen molar-refractivity contribution < 1.29 is 29.3 Å². The van der Waals surface area contributed by atoms with Crippen LogP contribution in [0.15, 0.2) is 72.8 Å². The van der Waals surface area contributed by atoms with Crippen LogP contribution in [0.3, 0.4) is 0 Å². The maximum atomic E-state index is 12.5. The lowest BCUT2D eigenvalue weighted by molar-refractivity contribution is -0.253. The summed E-state index contributed by atoms with van der Waals surface area (Å²) in [6.45, 7) is 4.46. The minimum absolute atomic E-state index is 0.00163. The van der Waals surface area contributed by atoms with Gasteiger partial charge in [-0.3, -0.25) is 14.5 Å². The number of unbranched alkanes of at least 4 members (excludes halogenated alkanes) is 2. The molecule has 0 unspecified atom stereocenters. The molecular formula is C38H49N3O6. The van der Waals surface area contributed by atoms with Crippen LogP contribution in [0.5, 0.6) is 0 Å². The van der Waals surface area contributed by atoms with E-state index in [1.54, 1.807) is 0 Å². The van der Waals surface area contributed by atoms with E-state index in [0.29, 0.717) is 25.9 Å². The number of aliphatic hydroxyl groups is 2. The lowest BCUT2D eigenvalue weighted by atomic mass is 9.97. The van der Waals surface area contributed by atoms with Gasteiger partial charge in [0.1, 0.15) is 0 Å². The van der Waals surface area contributed by atoms with E-state index in [9.17, 15) is 19.8 Å². The van der Waals surface area contributed by atoms with Crippen molar-refractivity contribution in [2.45, 2.75) is 89.6 Å². The van der Waals surface area contributed by atoms with Gasteiger partial charge in [-0.1, -0.05) is 79.2 Å². The van der Waals surface area contributed by atoms with E-state index in [1.165, 1.54) is 6.92 Å². The second kappa shape index (κ2) is 17.5. The minimum atomic E-state index is -0.548. The lowest BCUT2D eigenvalue weighted by Gasteiger charge is -2.38. The summed E-state index contributed by atoms with van der Waals surface area (Å²) >= 11 is 0. The second-order valence-corrected chi connectivity index (χ2v) is 12.7. The summed E-state index contributed by atoms with van der Waals surface area (Å²) in [5.74, 6) is -0.00308. The number of aliphatic hydroxyl groups excluding tert-OH is 2. The highest BCUT2D eigenvalue weighted by Gasteiger charge is 2.35. The Bertz CT molecular complexity index is 1430. The first kappa shape index (κ1) is 34.7. The number of rotatable bonds is 15. The topological polar surface area (TPSA) is 120 Å². The zero-order valence-electron chi connectivity index (χ0n) is 27.4. The number of likely N-dealkylation sites (tertiary alicyclic amines) is 1. The van der Waals surface area contributed by atoms with Crippen molar-refractivity contribution in [3.8, 4) is 11.1 Å². The number of benzene rings is 3. The molecule has 4 N–H and O–H groups in total. The highest BCUT2D eigenvalue weighted by Crippen LogP contribution is 2.39. The van der Waals surface area contributed by atoms with E-state index in [0.717, 1.165) is 78.6 Å². The standard InChI is InChI=1S/C38H49N3O6/c1-27(44)39-20-6-2-3-11-37(45)40-23-32-8-4-5-10-35(32)29-16-18-31(19-17-29)38-46-34(24-41-21-7-9-33(41)26-43)22-36(47-38)30-14-12-28(25-42)13-15-30/h4-5,8,10,12-19,33-34,36,38,42-43H,2-3,6-7,9,11,20-26H2,1H3,(H,39,44)(H,40,45)/t33-,34+,36-,38-/m0/s1. The lowest BCUT2D eigenvalue weighted by Crippen LogP contribution is -2.42. The number of nitrogens with one attached hydrogen (secondary N) is 2. The average Bonchev–Trinajstić information content (AvgIpc) is 3.55. The van der Waals surface area contributed by atoms with Gasteiger partial charge in [0, 0.05) is 51.0 Å². The number of amides is 2. The summed E-state index contributed by atoms with van der Waals surface area (Å²) in [5, 5.41) is 25.3. The highest BCUT2D eigenvalue weighted by molar-refractivity contribution is 5.76. The van der Waals surface area contributed by atoms with Gasteiger partial charge in [0.05, 0.1) is 25.4 Å². The number of hydrogen-bond acceptors (Lipinski definition) is 7. The number of hydrogen-bond donors (Lipinski definition) is 4. The zero-order chi connectivity index (χ0) is 33.0. The Labute approximate surface area is 278 Å². The third kappa shape index (κ3) is 9.95. The van der Waals surface area contributed by atoms with E-state index >= 15 is 0 Å². The van der Waals surface area contributed by atoms with Gasteiger partial charge in [0.25, 0.3) is 0 Å². The van der Waals surface area contributed by atoms with Crippen molar-refractivity contribution in [3.05, 3.63) is 95.1 Å². The Morgan fingerprint density at radius 3 is 2.40 bits per heavy atom. The molecule has 0 aliphatic carbocycles. The molecule has 2 aliphatic rings. The molecule has 2 aliphatic heterocycles. The Hall–Kier alpha value is -3.60. The molecule has 3 aromatic rings. The first-order chi connectivity index (χ1) is 22.9. The summed E-state index contributed by atoms with van der Waals surface area (Å²) in [5.41, 5.74) is 5.99.